The van der Waals surface area contributed by atoms with Crippen LogP contribution in [0.5, 0.6) is 5.75 Å². The average molecular weight is 249 g/mol. The van der Waals surface area contributed by atoms with E-state index in [-0.39, 0.29) is 5.75 Å². The molecule has 0 aliphatic heterocycles. The molecule has 3 aromatic rings. The van der Waals surface area contributed by atoms with E-state index >= 15 is 0 Å². The third-order valence-corrected chi connectivity index (χ3v) is 3.28. The molecule has 0 amide bonds. The fourth-order valence-electron chi connectivity index (χ4n) is 2.54. The van der Waals surface area contributed by atoms with Gasteiger partial charge in [-0.25, -0.2) is 0 Å². The molecule has 0 saturated heterocycles. The van der Waals surface area contributed by atoms with Crippen LogP contribution in [0.15, 0.2) is 48.7 Å². The predicted molar refractivity (Wildman–Crippen MR) is 78.3 cm³/mol. The molecular formula is C17H15NO. The van der Waals surface area contributed by atoms with Crippen molar-refractivity contribution in [3.8, 4) is 16.9 Å². The summed E-state index contributed by atoms with van der Waals surface area (Å²) >= 11 is 0. The molecule has 0 aliphatic rings. The van der Waals surface area contributed by atoms with Crippen LogP contribution in [0.1, 0.15) is 11.1 Å². The summed E-state index contributed by atoms with van der Waals surface area (Å²) in [5.41, 5.74) is 5.39. The van der Waals surface area contributed by atoms with Gasteiger partial charge in [-0.1, -0.05) is 41.5 Å². The number of phenolic OH excluding ortho intramolecular Hbond substituents is 1. The second kappa shape index (κ2) is 4.39. The summed E-state index contributed by atoms with van der Waals surface area (Å²) in [5.74, 6) is 0.226. The van der Waals surface area contributed by atoms with Crippen molar-refractivity contribution < 1.29 is 5.11 Å². The lowest BCUT2D eigenvalue weighted by Gasteiger charge is -2.09. The van der Waals surface area contributed by atoms with Crippen molar-refractivity contribution in [1.82, 2.24) is 4.98 Å². The van der Waals surface area contributed by atoms with E-state index in [0.717, 1.165) is 16.5 Å². The van der Waals surface area contributed by atoms with Crippen LogP contribution >= 0.6 is 0 Å². The Morgan fingerprint density at radius 2 is 1.68 bits per heavy atom. The Hall–Kier alpha value is -2.35. The molecule has 0 saturated carbocycles. The van der Waals surface area contributed by atoms with Crippen molar-refractivity contribution in [2.75, 3.05) is 0 Å². The summed E-state index contributed by atoms with van der Waals surface area (Å²) in [4.78, 5) is 4.26. The molecule has 3 rings (SSSR count). The number of aromatic hydroxyl groups is 1. The van der Waals surface area contributed by atoms with Crippen LogP contribution < -0.4 is 0 Å². The Kier molecular flexibility index (Phi) is 2.71. The predicted octanol–water partition coefficient (Wildman–Crippen LogP) is 4.22. The molecule has 0 radical (unpaired) electrons. The molecule has 2 heteroatoms. The number of para-hydroxylation sites is 1. The first-order chi connectivity index (χ1) is 9.15. The Morgan fingerprint density at radius 3 is 2.42 bits per heavy atom. The minimum Gasteiger partial charge on any atom is -0.506 e. The Balaban J connectivity index is 2.33. The molecule has 0 atom stereocenters. The van der Waals surface area contributed by atoms with E-state index in [1.165, 1.54) is 11.1 Å². The zero-order valence-electron chi connectivity index (χ0n) is 11.0. The van der Waals surface area contributed by atoms with Crippen LogP contribution in [0.25, 0.3) is 22.0 Å². The third kappa shape index (κ3) is 2.06. The van der Waals surface area contributed by atoms with E-state index in [4.69, 9.17) is 0 Å². The van der Waals surface area contributed by atoms with Gasteiger partial charge in [-0.15, -0.1) is 0 Å². The quantitative estimate of drug-likeness (QED) is 0.700. The van der Waals surface area contributed by atoms with Crippen LogP contribution in [-0.4, -0.2) is 10.1 Å². The first-order valence-corrected chi connectivity index (χ1v) is 6.30. The maximum atomic E-state index is 9.89. The highest BCUT2D eigenvalue weighted by Gasteiger charge is 2.07. The maximum absolute atomic E-state index is 9.89. The van der Waals surface area contributed by atoms with Gasteiger partial charge in [0, 0.05) is 11.6 Å². The number of benzene rings is 2. The van der Waals surface area contributed by atoms with Crippen molar-refractivity contribution in [3.05, 3.63) is 59.8 Å². The number of phenols is 1. The first kappa shape index (κ1) is 11.7. The van der Waals surface area contributed by atoms with Gasteiger partial charge in [0.25, 0.3) is 0 Å². The lowest BCUT2D eigenvalue weighted by molar-refractivity contribution is 0.480. The van der Waals surface area contributed by atoms with Crippen molar-refractivity contribution in [1.29, 1.82) is 0 Å². The molecule has 1 aromatic heterocycles. The number of fused-ring (bicyclic) bond motifs is 1. The highest BCUT2D eigenvalue weighted by Crippen LogP contribution is 2.32. The van der Waals surface area contributed by atoms with Crippen LogP contribution in [0.3, 0.4) is 0 Å². The van der Waals surface area contributed by atoms with Gasteiger partial charge in [-0.05, 0) is 37.1 Å². The van der Waals surface area contributed by atoms with Crippen LogP contribution in [-0.2, 0) is 0 Å². The van der Waals surface area contributed by atoms with E-state index < -0.39 is 0 Å². The molecular weight excluding hydrogens is 234 g/mol. The number of aryl methyl sites for hydroxylation is 2. The smallest absolute Gasteiger partial charge is 0.141 e. The molecule has 0 aliphatic carbocycles. The van der Waals surface area contributed by atoms with Crippen molar-refractivity contribution in [2.45, 2.75) is 13.8 Å². The minimum absolute atomic E-state index is 0.226. The molecule has 0 bridgehead atoms. The molecule has 0 unspecified atom stereocenters. The van der Waals surface area contributed by atoms with Gasteiger partial charge in [-0.2, -0.15) is 0 Å². The molecule has 94 valence electrons. The molecule has 0 spiro atoms. The lowest BCUT2D eigenvalue weighted by atomic mass is 9.98. The van der Waals surface area contributed by atoms with Crippen molar-refractivity contribution in [2.24, 2.45) is 0 Å². The van der Waals surface area contributed by atoms with Crippen LogP contribution in [0, 0.1) is 13.8 Å². The number of hydrogen-bond donors (Lipinski definition) is 1. The van der Waals surface area contributed by atoms with E-state index in [0.29, 0.717) is 5.52 Å². The van der Waals surface area contributed by atoms with Crippen LogP contribution in [0.2, 0.25) is 0 Å². The topological polar surface area (TPSA) is 33.1 Å². The zero-order chi connectivity index (χ0) is 13.4. The molecule has 19 heavy (non-hydrogen) atoms. The van der Waals surface area contributed by atoms with Gasteiger partial charge in [0.05, 0.1) is 0 Å². The standard InChI is InChI=1S/C17H15NO/c1-11-8-12(2)10-13(9-11)14-6-7-18-17-15(14)4-3-5-16(17)19/h3-10,19H,1-2H3. The largest absolute Gasteiger partial charge is 0.506 e. The highest BCUT2D eigenvalue weighted by atomic mass is 16.3. The number of hydrogen-bond acceptors (Lipinski definition) is 2. The fraction of sp³-hybridized carbons (Fsp3) is 0.118. The molecule has 1 heterocycles. The normalized spacial score (nSPS) is 10.8. The Labute approximate surface area is 112 Å². The third-order valence-electron chi connectivity index (χ3n) is 3.28. The van der Waals surface area contributed by atoms with Crippen molar-refractivity contribution >= 4 is 10.9 Å². The minimum atomic E-state index is 0.226. The van der Waals surface area contributed by atoms with Gasteiger partial charge in [0.15, 0.2) is 0 Å². The van der Waals surface area contributed by atoms with Gasteiger partial charge < -0.3 is 5.11 Å². The summed E-state index contributed by atoms with van der Waals surface area (Å²) in [5, 5.41) is 10.9. The Morgan fingerprint density at radius 1 is 0.947 bits per heavy atom. The monoisotopic (exact) mass is 249 g/mol. The van der Waals surface area contributed by atoms with Gasteiger partial charge in [0.2, 0.25) is 0 Å². The second-order valence-electron chi connectivity index (χ2n) is 4.91. The maximum Gasteiger partial charge on any atom is 0.141 e. The number of nitrogens with zero attached hydrogens (tertiary/aromatic N) is 1. The van der Waals surface area contributed by atoms with E-state index in [1.54, 1.807) is 12.3 Å². The van der Waals surface area contributed by atoms with E-state index in [9.17, 15) is 5.11 Å². The van der Waals surface area contributed by atoms with Crippen molar-refractivity contribution in [3.63, 3.8) is 0 Å². The molecule has 0 fully saturated rings. The van der Waals surface area contributed by atoms with Crippen LogP contribution in [0.4, 0.5) is 0 Å². The molecule has 2 nitrogen and oxygen atoms in total. The highest BCUT2D eigenvalue weighted by molar-refractivity contribution is 5.97. The molecule has 2 aromatic carbocycles. The number of pyridine rings is 1. The van der Waals surface area contributed by atoms with Gasteiger partial charge in [-0.3, -0.25) is 4.98 Å². The number of aromatic nitrogens is 1. The molecule has 1 N–H and O–H groups in total. The lowest BCUT2D eigenvalue weighted by Crippen LogP contribution is -1.87. The fourth-order valence-corrected chi connectivity index (χ4v) is 2.54. The summed E-state index contributed by atoms with van der Waals surface area (Å²) in [6.45, 7) is 4.19. The zero-order valence-corrected chi connectivity index (χ0v) is 11.0. The summed E-state index contributed by atoms with van der Waals surface area (Å²) < 4.78 is 0. The van der Waals surface area contributed by atoms with Gasteiger partial charge in [0.1, 0.15) is 11.3 Å². The first-order valence-electron chi connectivity index (χ1n) is 6.30. The van der Waals surface area contributed by atoms with Gasteiger partial charge >= 0.3 is 0 Å². The number of rotatable bonds is 1. The van der Waals surface area contributed by atoms with E-state index in [1.807, 2.05) is 18.2 Å². The summed E-state index contributed by atoms with van der Waals surface area (Å²) in [6, 6.07) is 14.0. The Bertz CT molecular complexity index is 742. The van der Waals surface area contributed by atoms with E-state index in [2.05, 4.69) is 37.0 Å². The summed E-state index contributed by atoms with van der Waals surface area (Å²) in [7, 11) is 0. The second-order valence-corrected chi connectivity index (χ2v) is 4.91. The average Bonchev–Trinajstić information content (AvgIpc) is 2.37. The summed E-state index contributed by atoms with van der Waals surface area (Å²) in [6.07, 6.45) is 1.75. The SMILES string of the molecule is Cc1cc(C)cc(-c2ccnc3c(O)cccc23)c1.